The number of nitrogens with two attached hydrogens (primary N) is 1. The third-order valence-electron chi connectivity index (χ3n) is 3.13. The molecule has 100 valence electrons. The van der Waals surface area contributed by atoms with Crippen LogP contribution in [0.25, 0.3) is 0 Å². The first-order chi connectivity index (χ1) is 8.47. The Labute approximate surface area is 108 Å². The monoisotopic (exact) mass is 250 g/mol. The first-order valence-corrected chi connectivity index (χ1v) is 6.09. The maximum absolute atomic E-state index is 8.69. The molecule has 0 radical (unpaired) electrons. The number of amidine groups is 1. The zero-order valence-corrected chi connectivity index (χ0v) is 11.2. The lowest BCUT2D eigenvalue weighted by Gasteiger charge is -2.24. The van der Waals surface area contributed by atoms with Crippen LogP contribution < -0.4 is 11.1 Å². The fraction of sp³-hybridized carbons (Fsp3) is 0.538. The lowest BCUT2D eigenvalue weighted by atomic mass is 9.88. The average molecular weight is 250 g/mol. The van der Waals surface area contributed by atoms with Crippen molar-refractivity contribution in [3.63, 3.8) is 0 Å². The van der Waals surface area contributed by atoms with Gasteiger partial charge in [-0.05, 0) is 32.0 Å². The van der Waals surface area contributed by atoms with Gasteiger partial charge in [-0.25, -0.2) is 0 Å². The zero-order valence-electron chi connectivity index (χ0n) is 11.2. The van der Waals surface area contributed by atoms with Gasteiger partial charge in [0.15, 0.2) is 0 Å². The molecule has 4 N–H and O–H groups in total. The van der Waals surface area contributed by atoms with Crippen LogP contribution in [0, 0.1) is 5.41 Å². The summed E-state index contributed by atoms with van der Waals surface area (Å²) in [6, 6.07) is 6.06. The van der Waals surface area contributed by atoms with Crippen LogP contribution in [0.3, 0.4) is 0 Å². The molecule has 5 heteroatoms. The highest BCUT2D eigenvalue weighted by molar-refractivity contribution is 5.85. The van der Waals surface area contributed by atoms with Gasteiger partial charge in [-0.2, -0.15) is 0 Å². The van der Waals surface area contributed by atoms with E-state index in [0.717, 1.165) is 18.7 Å². The van der Waals surface area contributed by atoms with Crippen molar-refractivity contribution in [1.82, 2.24) is 10.3 Å². The topological polar surface area (TPSA) is 83.5 Å². The maximum atomic E-state index is 8.69. The van der Waals surface area contributed by atoms with Crippen LogP contribution in [0.15, 0.2) is 29.6 Å². The second-order valence-corrected chi connectivity index (χ2v) is 5.05. The van der Waals surface area contributed by atoms with E-state index in [4.69, 9.17) is 10.9 Å². The maximum Gasteiger partial charge on any atom is 0.144 e. The van der Waals surface area contributed by atoms with Crippen LogP contribution in [-0.2, 0) is 0 Å². The predicted octanol–water partition coefficient (Wildman–Crippen LogP) is 1.89. The summed E-state index contributed by atoms with van der Waals surface area (Å²) in [6.07, 6.45) is 2.58. The van der Waals surface area contributed by atoms with Crippen LogP contribution in [-0.4, -0.2) is 22.6 Å². The molecule has 1 heterocycles. The molecule has 0 aliphatic heterocycles. The van der Waals surface area contributed by atoms with E-state index in [-0.39, 0.29) is 17.3 Å². The van der Waals surface area contributed by atoms with E-state index in [0.29, 0.717) is 0 Å². The Morgan fingerprint density at radius 3 is 2.83 bits per heavy atom. The number of pyridine rings is 1. The summed E-state index contributed by atoms with van der Waals surface area (Å²) in [7, 11) is 0. The van der Waals surface area contributed by atoms with Crippen LogP contribution in [0.4, 0.5) is 0 Å². The molecule has 0 bridgehead atoms. The van der Waals surface area contributed by atoms with Gasteiger partial charge in [0.25, 0.3) is 0 Å². The average Bonchev–Trinajstić information content (AvgIpc) is 2.38. The fourth-order valence-corrected chi connectivity index (χ4v) is 1.60. The third-order valence-corrected chi connectivity index (χ3v) is 3.13. The van der Waals surface area contributed by atoms with Gasteiger partial charge in [-0.15, -0.1) is 0 Å². The molecule has 0 aliphatic rings. The molecule has 0 aliphatic carbocycles. The SMILES string of the molecule is CC(NCCC(C)(C)C(N)=NO)c1ccccn1. The highest BCUT2D eigenvalue weighted by atomic mass is 16.4. The van der Waals surface area contributed by atoms with Crippen molar-refractivity contribution in [3.05, 3.63) is 30.1 Å². The number of rotatable bonds is 6. The third kappa shape index (κ3) is 4.00. The molecule has 1 atom stereocenters. The number of oxime groups is 1. The quantitative estimate of drug-likeness (QED) is 0.311. The Bertz CT molecular complexity index is 389. The summed E-state index contributed by atoms with van der Waals surface area (Å²) in [6.45, 7) is 6.75. The molecule has 0 amide bonds. The second-order valence-electron chi connectivity index (χ2n) is 5.05. The van der Waals surface area contributed by atoms with E-state index < -0.39 is 0 Å². The van der Waals surface area contributed by atoms with Crippen molar-refractivity contribution in [2.45, 2.75) is 33.2 Å². The molecule has 1 unspecified atom stereocenters. The lowest BCUT2D eigenvalue weighted by molar-refractivity contribution is 0.304. The van der Waals surface area contributed by atoms with Crippen molar-refractivity contribution in [2.75, 3.05) is 6.54 Å². The second kappa shape index (κ2) is 6.35. The van der Waals surface area contributed by atoms with Gasteiger partial charge in [0.05, 0.1) is 5.69 Å². The smallest absolute Gasteiger partial charge is 0.144 e. The molecule has 0 aromatic carbocycles. The van der Waals surface area contributed by atoms with E-state index in [1.165, 1.54) is 0 Å². The van der Waals surface area contributed by atoms with E-state index in [9.17, 15) is 0 Å². The van der Waals surface area contributed by atoms with Gasteiger partial charge in [0, 0.05) is 17.7 Å². The minimum Gasteiger partial charge on any atom is -0.409 e. The molecular formula is C13H22N4O. The van der Waals surface area contributed by atoms with Crippen molar-refractivity contribution < 1.29 is 5.21 Å². The van der Waals surface area contributed by atoms with Gasteiger partial charge in [-0.1, -0.05) is 25.1 Å². The van der Waals surface area contributed by atoms with Crippen molar-refractivity contribution >= 4 is 5.84 Å². The summed E-state index contributed by atoms with van der Waals surface area (Å²) in [5, 5.41) is 15.1. The Kier molecular flexibility index (Phi) is 5.09. The van der Waals surface area contributed by atoms with Gasteiger partial charge >= 0.3 is 0 Å². The Morgan fingerprint density at radius 1 is 1.56 bits per heavy atom. The van der Waals surface area contributed by atoms with E-state index in [2.05, 4.69) is 22.4 Å². The van der Waals surface area contributed by atoms with Crippen LogP contribution in [0.2, 0.25) is 0 Å². The van der Waals surface area contributed by atoms with Crippen molar-refractivity contribution in [1.29, 1.82) is 0 Å². The minimum atomic E-state index is -0.314. The van der Waals surface area contributed by atoms with Gasteiger partial charge in [0.1, 0.15) is 5.84 Å². The summed E-state index contributed by atoms with van der Waals surface area (Å²) < 4.78 is 0. The standard InChI is InChI=1S/C13H22N4O/c1-10(11-6-4-5-8-16-11)15-9-7-13(2,3)12(14)17-18/h4-6,8,10,15,18H,7,9H2,1-3H3,(H2,14,17). The first-order valence-electron chi connectivity index (χ1n) is 6.09. The Hall–Kier alpha value is -1.62. The predicted molar refractivity (Wildman–Crippen MR) is 72.5 cm³/mol. The fourth-order valence-electron chi connectivity index (χ4n) is 1.60. The molecule has 0 saturated heterocycles. The molecule has 1 aromatic rings. The molecule has 5 nitrogen and oxygen atoms in total. The van der Waals surface area contributed by atoms with Gasteiger partial charge in [0.2, 0.25) is 0 Å². The number of nitrogens with zero attached hydrogens (tertiary/aromatic N) is 2. The molecule has 0 fully saturated rings. The summed E-state index contributed by atoms with van der Waals surface area (Å²) in [5.41, 5.74) is 6.34. The Morgan fingerprint density at radius 2 is 2.28 bits per heavy atom. The normalized spacial score (nSPS) is 14.5. The number of hydrogen-bond donors (Lipinski definition) is 3. The first kappa shape index (κ1) is 14.4. The summed E-state index contributed by atoms with van der Waals surface area (Å²) >= 11 is 0. The minimum absolute atomic E-state index is 0.189. The van der Waals surface area contributed by atoms with Crippen molar-refractivity contribution in [2.24, 2.45) is 16.3 Å². The Balaban J connectivity index is 2.43. The molecule has 0 saturated carbocycles. The molecular weight excluding hydrogens is 228 g/mol. The highest BCUT2D eigenvalue weighted by Gasteiger charge is 2.23. The number of hydrogen-bond acceptors (Lipinski definition) is 4. The highest BCUT2D eigenvalue weighted by Crippen LogP contribution is 2.20. The van der Waals surface area contributed by atoms with E-state index >= 15 is 0 Å². The molecule has 0 spiro atoms. The summed E-state index contributed by atoms with van der Waals surface area (Å²) in [4.78, 5) is 4.29. The molecule has 1 rings (SSSR count). The number of aromatic nitrogens is 1. The van der Waals surface area contributed by atoms with Gasteiger partial charge in [-0.3, -0.25) is 4.98 Å². The molecule has 18 heavy (non-hydrogen) atoms. The van der Waals surface area contributed by atoms with E-state index in [1.807, 2.05) is 32.0 Å². The lowest BCUT2D eigenvalue weighted by Crippen LogP contribution is -2.35. The zero-order chi connectivity index (χ0) is 13.6. The van der Waals surface area contributed by atoms with E-state index in [1.54, 1.807) is 6.20 Å². The number of nitrogens with one attached hydrogen (secondary N) is 1. The van der Waals surface area contributed by atoms with Crippen molar-refractivity contribution in [3.8, 4) is 0 Å². The van der Waals surface area contributed by atoms with Crippen LogP contribution in [0.1, 0.15) is 38.9 Å². The van der Waals surface area contributed by atoms with Crippen LogP contribution >= 0.6 is 0 Å². The van der Waals surface area contributed by atoms with Crippen LogP contribution in [0.5, 0.6) is 0 Å². The molecule has 1 aromatic heterocycles. The summed E-state index contributed by atoms with van der Waals surface area (Å²) in [5.74, 6) is 0.259. The largest absolute Gasteiger partial charge is 0.409 e. The van der Waals surface area contributed by atoms with Gasteiger partial charge < -0.3 is 16.3 Å².